The van der Waals surface area contributed by atoms with Crippen molar-refractivity contribution < 1.29 is 37.9 Å². The summed E-state index contributed by atoms with van der Waals surface area (Å²) in [5.41, 5.74) is 0. The molecular formula is C26H54Ca2N2O8+4. The Morgan fingerprint density at radius 2 is 0.447 bits per heavy atom. The summed E-state index contributed by atoms with van der Waals surface area (Å²) in [5.74, 6) is 0. The summed E-state index contributed by atoms with van der Waals surface area (Å²) in [6, 6.07) is 0. The second-order valence-corrected chi connectivity index (χ2v) is 8.52. The second kappa shape index (κ2) is 39.1. The van der Waals surface area contributed by atoms with Gasteiger partial charge in [0.15, 0.2) is 0 Å². The molecule has 2 aliphatic heterocycles. The van der Waals surface area contributed by atoms with Crippen molar-refractivity contribution in [1.82, 2.24) is 10.6 Å². The predicted octanol–water partition coefficient (Wildman–Crippen LogP) is 0.891. The average Bonchev–Trinajstić information content (AvgIpc) is 2.89. The van der Waals surface area contributed by atoms with E-state index in [2.05, 4.69) is 10.6 Å². The zero-order chi connectivity index (χ0) is 25.5. The maximum Gasteiger partial charge on any atom is 2.00 e. The van der Waals surface area contributed by atoms with E-state index in [9.17, 15) is 0 Å². The van der Waals surface area contributed by atoms with Gasteiger partial charge in [-0.15, -0.1) is 0 Å². The molecule has 0 radical (unpaired) electrons. The summed E-state index contributed by atoms with van der Waals surface area (Å²) in [7, 11) is 0. The van der Waals surface area contributed by atoms with Gasteiger partial charge >= 0.3 is 75.5 Å². The van der Waals surface area contributed by atoms with E-state index in [1.54, 1.807) is 0 Å². The van der Waals surface area contributed by atoms with Crippen LogP contribution in [0.5, 0.6) is 0 Å². The van der Waals surface area contributed by atoms with Crippen molar-refractivity contribution in [2.24, 2.45) is 0 Å². The number of ether oxygens (including phenoxy) is 8. The first-order valence-electron chi connectivity index (χ1n) is 14.0. The van der Waals surface area contributed by atoms with Gasteiger partial charge in [0.2, 0.25) is 0 Å². The minimum atomic E-state index is 0. The van der Waals surface area contributed by atoms with Gasteiger partial charge in [0.25, 0.3) is 0 Å². The standard InChI is InChI=1S/2C13H27NO4.2Ca/c2*1-2-6-15-10-12-17-8-4-14-5-9-18-13-11-16-7-3-1;;/h2*14H,1-13H2;;/q;;2*+2. The van der Waals surface area contributed by atoms with Gasteiger partial charge in [0.05, 0.1) is 79.3 Å². The van der Waals surface area contributed by atoms with Crippen LogP contribution in [0.4, 0.5) is 0 Å². The van der Waals surface area contributed by atoms with Gasteiger partial charge in [-0.1, -0.05) is 0 Å². The van der Waals surface area contributed by atoms with Gasteiger partial charge in [-0.3, -0.25) is 0 Å². The van der Waals surface area contributed by atoms with Crippen molar-refractivity contribution in [2.75, 3.05) is 132 Å². The zero-order valence-electron chi connectivity index (χ0n) is 24.1. The molecule has 2 aliphatic rings. The van der Waals surface area contributed by atoms with E-state index >= 15 is 0 Å². The molecule has 0 bridgehead atoms. The summed E-state index contributed by atoms with van der Waals surface area (Å²) < 4.78 is 43.6. The fourth-order valence-corrected chi connectivity index (χ4v) is 3.29. The molecular weight excluding hydrogens is 548 g/mol. The van der Waals surface area contributed by atoms with Crippen molar-refractivity contribution in [2.45, 2.75) is 38.5 Å². The van der Waals surface area contributed by atoms with Gasteiger partial charge in [-0.25, -0.2) is 0 Å². The van der Waals surface area contributed by atoms with Crippen molar-refractivity contribution in [1.29, 1.82) is 0 Å². The number of hydrogen-bond acceptors (Lipinski definition) is 10. The fraction of sp³-hybridized carbons (Fsp3) is 1.00. The normalized spacial score (nSPS) is 22.7. The maximum absolute atomic E-state index is 5.47. The van der Waals surface area contributed by atoms with Crippen molar-refractivity contribution in [3.63, 3.8) is 0 Å². The van der Waals surface area contributed by atoms with Gasteiger partial charge in [0.1, 0.15) is 0 Å². The Balaban J connectivity index is 0. The molecule has 0 aromatic carbocycles. The molecule has 2 N–H and O–H groups in total. The fourth-order valence-electron chi connectivity index (χ4n) is 3.29. The van der Waals surface area contributed by atoms with E-state index in [1.807, 2.05) is 0 Å². The number of rotatable bonds is 0. The monoisotopic (exact) mass is 602 g/mol. The van der Waals surface area contributed by atoms with Crippen molar-refractivity contribution in [3.8, 4) is 0 Å². The molecule has 38 heavy (non-hydrogen) atoms. The molecule has 2 rings (SSSR count). The Kier molecular flexibility index (Phi) is 43.5. The van der Waals surface area contributed by atoms with Crippen LogP contribution >= 0.6 is 0 Å². The van der Waals surface area contributed by atoms with Crippen LogP contribution in [0.15, 0.2) is 0 Å². The van der Waals surface area contributed by atoms with Crippen LogP contribution in [0.1, 0.15) is 38.5 Å². The van der Waals surface area contributed by atoms with Crippen LogP contribution in [-0.2, 0) is 37.9 Å². The molecule has 2 fully saturated rings. The van der Waals surface area contributed by atoms with Crippen molar-refractivity contribution >= 4 is 75.5 Å². The van der Waals surface area contributed by atoms with Crippen molar-refractivity contribution in [3.05, 3.63) is 0 Å². The molecule has 0 atom stereocenters. The molecule has 0 aliphatic carbocycles. The largest absolute Gasteiger partial charge is 2.00 e. The molecule has 12 heteroatoms. The van der Waals surface area contributed by atoms with Crippen LogP contribution in [-0.4, -0.2) is 207 Å². The first-order valence-corrected chi connectivity index (χ1v) is 14.0. The second-order valence-electron chi connectivity index (χ2n) is 8.52. The molecule has 0 unspecified atom stereocenters. The van der Waals surface area contributed by atoms with Crippen LogP contribution in [0.25, 0.3) is 0 Å². The average molecular weight is 603 g/mol. The predicted molar refractivity (Wildman–Crippen MR) is 152 cm³/mol. The van der Waals surface area contributed by atoms with E-state index in [-0.39, 0.29) is 75.5 Å². The summed E-state index contributed by atoms with van der Waals surface area (Å²) in [5, 5.41) is 6.52. The number of hydrogen-bond donors (Lipinski definition) is 2. The molecule has 0 spiro atoms. The van der Waals surface area contributed by atoms with E-state index in [4.69, 9.17) is 37.9 Å². The first kappa shape index (κ1) is 42.3. The SMILES string of the molecule is C1CCOCCOCCNCCOCCOCC1.C1CCOCCOCCNCCOCCOCC1.[Ca+2].[Ca+2]. The van der Waals surface area contributed by atoms with Crippen LogP contribution < -0.4 is 10.6 Å². The third kappa shape index (κ3) is 36.1. The van der Waals surface area contributed by atoms with Gasteiger partial charge in [0, 0.05) is 52.6 Å². The molecule has 2 saturated heterocycles. The quantitative estimate of drug-likeness (QED) is 0.389. The van der Waals surface area contributed by atoms with Crippen LogP contribution in [0, 0.1) is 0 Å². The summed E-state index contributed by atoms with van der Waals surface area (Å²) in [4.78, 5) is 0. The van der Waals surface area contributed by atoms with E-state index in [0.29, 0.717) is 52.9 Å². The number of nitrogens with one attached hydrogen (secondary N) is 2. The van der Waals surface area contributed by atoms with E-state index in [1.165, 1.54) is 0 Å². The molecule has 10 nitrogen and oxygen atoms in total. The maximum atomic E-state index is 5.47. The van der Waals surface area contributed by atoms with E-state index in [0.717, 1.165) is 118 Å². The molecule has 0 amide bonds. The molecule has 0 aromatic rings. The third-order valence-corrected chi connectivity index (χ3v) is 5.34. The Bertz CT molecular complexity index is 235. The van der Waals surface area contributed by atoms with Gasteiger partial charge < -0.3 is 48.5 Å². The minimum Gasteiger partial charge on any atom is -0.379 e. The molecule has 0 saturated carbocycles. The molecule has 2 heterocycles. The Morgan fingerprint density at radius 1 is 0.237 bits per heavy atom. The smallest absolute Gasteiger partial charge is 0.379 e. The molecule has 0 aromatic heterocycles. The Morgan fingerprint density at radius 3 is 0.684 bits per heavy atom. The van der Waals surface area contributed by atoms with Crippen LogP contribution in [0.2, 0.25) is 0 Å². The molecule has 216 valence electrons. The van der Waals surface area contributed by atoms with Gasteiger partial charge in [-0.2, -0.15) is 0 Å². The van der Waals surface area contributed by atoms with Gasteiger partial charge in [-0.05, 0) is 38.5 Å². The minimum absolute atomic E-state index is 0. The summed E-state index contributed by atoms with van der Waals surface area (Å²) >= 11 is 0. The van der Waals surface area contributed by atoms with Crippen LogP contribution in [0.3, 0.4) is 0 Å². The first-order chi connectivity index (χ1) is 18.0. The third-order valence-electron chi connectivity index (χ3n) is 5.34. The Labute approximate surface area is 291 Å². The summed E-state index contributed by atoms with van der Waals surface area (Å²) in [6.07, 6.45) is 6.71. The summed E-state index contributed by atoms with van der Waals surface area (Å²) in [6.45, 7) is 15.2. The van der Waals surface area contributed by atoms with E-state index < -0.39 is 0 Å². The Hall–Kier alpha value is 2.12. The topological polar surface area (TPSA) is 97.9 Å². The zero-order valence-corrected chi connectivity index (χ0v) is 28.5.